The van der Waals surface area contributed by atoms with Gasteiger partial charge >= 0.3 is 0 Å². The fraction of sp³-hybridized carbons (Fsp3) is 0.206. The van der Waals surface area contributed by atoms with Crippen LogP contribution in [0, 0.1) is 12.8 Å². The Hall–Kier alpha value is -4.91. The van der Waals surface area contributed by atoms with Gasteiger partial charge in [0.05, 0.1) is 18.2 Å². The van der Waals surface area contributed by atoms with Crippen molar-refractivity contribution in [3.63, 3.8) is 0 Å². The van der Waals surface area contributed by atoms with E-state index in [4.69, 9.17) is 9.47 Å². The molecule has 4 aromatic rings. The van der Waals surface area contributed by atoms with Gasteiger partial charge in [-0.15, -0.1) is 0 Å². The molecule has 3 aromatic carbocycles. The molecular weight excluding hydrogens is 516 g/mol. The summed E-state index contributed by atoms with van der Waals surface area (Å²) in [7, 11) is 0. The van der Waals surface area contributed by atoms with E-state index in [2.05, 4.69) is 18.8 Å². The minimum absolute atomic E-state index is 0.0229. The molecule has 0 aliphatic carbocycles. The highest BCUT2D eigenvalue weighted by Gasteiger charge is 2.46. The normalized spacial score (nSPS) is 16.3. The van der Waals surface area contributed by atoms with E-state index in [0.29, 0.717) is 40.9 Å². The van der Waals surface area contributed by atoms with Gasteiger partial charge in [0.15, 0.2) is 0 Å². The van der Waals surface area contributed by atoms with E-state index in [-0.39, 0.29) is 17.9 Å². The maximum absolute atomic E-state index is 13.6. The predicted molar refractivity (Wildman–Crippen MR) is 157 cm³/mol. The second-order valence-electron chi connectivity index (χ2n) is 10.5. The molecule has 0 radical (unpaired) electrons. The number of rotatable bonds is 9. The first-order valence-electron chi connectivity index (χ1n) is 13.6. The standard InChI is InChI=1S/C34H32N2O5/c1-22(2)21-40-27-14-15-29(23(3)17-27)32(37)30-31(36(34(39)33(30)38)20-24-9-8-16-35-19-24)25-10-7-13-28(18-25)41-26-11-5-4-6-12-26/h4-19,22,31,37H,20-21H2,1-3H3/b32-30+/t31-/m1/s1. The number of amides is 1. The van der Waals surface area contributed by atoms with E-state index in [1.54, 1.807) is 36.7 Å². The molecule has 1 aliphatic rings. The minimum atomic E-state index is -0.842. The Morgan fingerprint density at radius 2 is 1.71 bits per heavy atom. The second-order valence-corrected chi connectivity index (χ2v) is 10.5. The van der Waals surface area contributed by atoms with Gasteiger partial charge in [0.1, 0.15) is 23.0 Å². The van der Waals surface area contributed by atoms with Crippen molar-refractivity contribution in [1.29, 1.82) is 0 Å². The summed E-state index contributed by atoms with van der Waals surface area (Å²) in [6.07, 6.45) is 3.31. The van der Waals surface area contributed by atoms with Crippen LogP contribution in [0.4, 0.5) is 0 Å². The van der Waals surface area contributed by atoms with Crippen LogP contribution in [0.2, 0.25) is 0 Å². The number of aryl methyl sites for hydroxylation is 1. The fourth-order valence-corrected chi connectivity index (χ4v) is 4.85. The minimum Gasteiger partial charge on any atom is -0.507 e. The molecule has 0 saturated carbocycles. The maximum Gasteiger partial charge on any atom is 0.295 e. The lowest BCUT2D eigenvalue weighted by Gasteiger charge is -2.26. The number of ether oxygens (including phenoxy) is 2. The Balaban J connectivity index is 1.58. The summed E-state index contributed by atoms with van der Waals surface area (Å²) in [6.45, 7) is 6.68. The molecule has 2 heterocycles. The van der Waals surface area contributed by atoms with Crippen LogP contribution >= 0.6 is 0 Å². The molecule has 1 atom stereocenters. The summed E-state index contributed by atoms with van der Waals surface area (Å²) >= 11 is 0. The van der Waals surface area contributed by atoms with Crippen LogP contribution in [-0.4, -0.2) is 33.3 Å². The molecule has 5 rings (SSSR count). The van der Waals surface area contributed by atoms with Crippen molar-refractivity contribution < 1.29 is 24.2 Å². The molecule has 0 bridgehead atoms. The zero-order chi connectivity index (χ0) is 28.9. The number of ketones is 1. The molecule has 1 amide bonds. The molecule has 0 spiro atoms. The summed E-state index contributed by atoms with van der Waals surface area (Å²) in [5.41, 5.74) is 2.61. The van der Waals surface area contributed by atoms with Crippen molar-refractivity contribution in [2.24, 2.45) is 5.92 Å². The van der Waals surface area contributed by atoms with Gasteiger partial charge in [-0.1, -0.05) is 50.2 Å². The first-order chi connectivity index (χ1) is 19.8. The van der Waals surface area contributed by atoms with Crippen LogP contribution in [0.25, 0.3) is 5.76 Å². The van der Waals surface area contributed by atoms with Gasteiger partial charge in [-0.05, 0) is 78.1 Å². The highest BCUT2D eigenvalue weighted by molar-refractivity contribution is 6.46. The molecule has 208 valence electrons. The largest absolute Gasteiger partial charge is 0.507 e. The predicted octanol–water partition coefficient (Wildman–Crippen LogP) is 6.84. The molecule has 1 fully saturated rings. The summed E-state index contributed by atoms with van der Waals surface area (Å²) in [4.78, 5) is 32.7. The third-order valence-corrected chi connectivity index (χ3v) is 6.80. The van der Waals surface area contributed by atoms with Gasteiger partial charge in [0.2, 0.25) is 0 Å². The second kappa shape index (κ2) is 12.1. The highest BCUT2D eigenvalue weighted by Crippen LogP contribution is 2.42. The molecule has 1 N–H and O–H groups in total. The van der Waals surface area contributed by atoms with Crippen LogP contribution in [0.1, 0.15) is 42.1 Å². The first-order valence-corrected chi connectivity index (χ1v) is 13.6. The van der Waals surface area contributed by atoms with Crippen molar-refractivity contribution in [3.8, 4) is 17.2 Å². The number of hydrogen-bond acceptors (Lipinski definition) is 6. The van der Waals surface area contributed by atoms with Gasteiger partial charge in [0.25, 0.3) is 11.7 Å². The first kappa shape index (κ1) is 27.6. The van der Waals surface area contributed by atoms with Gasteiger partial charge < -0.3 is 19.5 Å². The Labute approximate surface area is 239 Å². The molecule has 7 nitrogen and oxygen atoms in total. The van der Waals surface area contributed by atoms with Crippen LogP contribution in [-0.2, 0) is 16.1 Å². The number of aromatic nitrogens is 1. The molecule has 41 heavy (non-hydrogen) atoms. The summed E-state index contributed by atoms with van der Waals surface area (Å²) in [5, 5.41) is 11.6. The third-order valence-electron chi connectivity index (χ3n) is 6.80. The van der Waals surface area contributed by atoms with Gasteiger partial charge in [-0.3, -0.25) is 14.6 Å². The quantitative estimate of drug-likeness (QED) is 0.140. The zero-order valence-corrected chi connectivity index (χ0v) is 23.3. The number of Topliss-reactive ketones (excluding diaryl/α,β-unsaturated/α-hetero) is 1. The zero-order valence-electron chi connectivity index (χ0n) is 23.3. The summed E-state index contributed by atoms with van der Waals surface area (Å²) in [5.74, 6) is 0.569. The number of nitrogens with zero attached hydrogens (tertiary/aromatic N) is 2. The number of likely N-dealkylation sites (tertiary alicyclic amines) is 1. The Morgan fingerprint density at radius 1 is 0.927 bits per heavy atom. The van der Waals surface area contributed by atoms with E-state index in [1.165, 1.54) is 4.90 Å². The Bertz CT molecular complexity index is 1580. The summed E-state index contributed by atoms with van der Waals surface area (Å²) < 4.78 is 11.9. The highest BCUT2D eigenvalue weighted by atomic mass is 16.5. The molecule has 1 aromatic heterocycles. The lowest BCUT2D eigenvalue weighted by atomic mass is 9.93. The molecular formula is C34H32N2O5. The Kier molecular flexibility index (Phi) is 8.15. The lowest BCUT2D eigenvalue weighted by molar-refractivity contribution is -0.140. The van der Waals surface area contributed by atoms with Crippen LogP contribution < -0.4 is 9.47 Å². The van der Waals surface area contributed by atoms with E-state index in [0.717, 1.165) is 11.1 Å². The summed E-state index contributed by atoms with van der Waals surface area (Å²) in [6, 6.07) is 24.7. The Morgan fingerprint density at radius 3 is 2.41 bits per heavy atom. The average molecular weight is 549 g/mol. The number of aliphatic hydroxyl groups is 1. The van der Waals surface area contributed by atoms with Crippen molar-refractivity contribution >= 4 is 17.4 Å². The number of pyridine rings is 1. The molecule has 1 saturated heterocycles. The van der Waals surface area contributed by atoms with Crippen molar-refractivity contribution in [2.75, 3.05) is 6.61 Å². The SMILES string of the molecule is Cc1cc(OCC(C)C)ccc1/C(O)=C1\C(=O)C(=O)N(Cc2cccnc2)[C@@H]1c1cccc(Oc2ccccc2)c1. The lowest BCUT2D eigenvalue weighted by Crippen LogP contribution is -2.29. The van der Waals surface area contributed by atoms with Crippen LogP contribution in [0.3, 0.4) is 0 Å². The van der Waals surface area contributed by atoms with E-state index in [9.17, 15) is 14.7 Å². The number of carbonyl (C=O) groups is 2. The van der Waals surface area contributed by atoms with Crippen molar-refractivity contribution in [1.82, 2.24) is 9.88 Å². The van der Waals surface area contributed by atoms with E-state index in [1.807, 2.05) is 67.6 Å². The number of hydrogen-bond donors (Lipinski definition) is 1. The monoisotopic (exact) mass is 548 g/mol. The number of carbonyl (C=O) groups excluding carboxylic acids is 2. The van der Waals surface area contributed by atoms with Crippen LogP contribution in [0.15, 0.2) is 103 Å². The van der Waals surface area contributed by atoms with Crippen molar-refractivity contribution in [2.45, 2.75) is 33.4 Å². The van der Waals surface area contributed by atoms with Gasteiger partial charge in [-0.2, -0.15) is 0 Å². The van der Waals surface area contributed by atoms with E-state index < -0.39 is 17.7 Å². The number of benzene rings is 3. The topological polar surface area (TPSA) is 89.0 Å². The van der Waals surface area contributed by atoms with E-state index >= 15 is 0 Å². The average Bonchev–Trinajstić information content (AvgIpc) is 3.22. The fourth-order valence-electron chi connectivity index (χ4n) is 4.85. The smallest absolute Gasteiger partial charge is 0.295 e. The van der Waals surface area contributed by atoms with Crippen molar-refractivity contribution in [3.05, 3.63) is 125 Å². The number of para-hydroxylation sites is 1. The van der Waals surface area contributed by atoms with Crippen LogP contribution in [0.5, 0.6) is 17.2 Å². The molecule has 0 unspecified atom stereocenters. The molecule has 7 heteroatoms. The molecule has 1 aliphatic heterocycles. The third kappa shape index (κ3) is 6.14. The van der Waals surface area contributed by atoms with Gasteiger partial charge in [-0.25, -0.2) is 0 Å². The van der Waals surface area contributed by atoms with Gasteiger partial charge in [0, 0.05) is 24.5 Å². The number of aliphatic hydroxyl groups excluding tert-OH is 1. The maximum atomic E-state index is 13.6.